The van der Waals surface area contributed by atoms with Gasteiger partial charge in [0.2, 0.25) is 17.8 Å². The maximum Gasteiger partial charge on any atom is 0.255 e. The highest BCUT2D eigenvalue weighted by atomic mass is 16.5. The van der Waals surface area contributed by atoms with Crippen LogP contribution < -0.4 is 25.2 Å². The van der Waals surface area contributed by atoms with E-state index in [1.807, 2.05) is 30.3 Å². The Kier molecular flexibility index (Phi) is 10.4. The average molecular weight is 825 g/mol. The third-order valence-electron chi connectivity index (χ3n) is 13.8. The first-order valence-corrected chi connectivity index (χ1v) is 21.4. The fourth-order valence-electron chi connectivity index (χ4n) is 10.7. The molecule has 4 fully saturated rings. The van der Waals surface area contributed by atoms with Gasteiger partial charge in [0.05, 0.1) is 16.6 Å². The molecular weight excluding hydrogens is 773 g/mol. The molecule has 15 heteroatoms. The number of carbonyl (C=O) groups excluding carboxylic acids is 4. The summed E-state index contributed by atoms with van der Waals surface area (Å²) in [6, 6.07) is 14.7. The summed E-state index contributed by atoms with van der Waals surface area (Å²) in [5.41, 5.74) is 3.40. The third-order valence-corrected chi connectivity index (χ3v) is 13.8. The van der Waals surface area contributed by atoms with Gasteiger partial charge in [-0.25, -0.2) is 9.97 Å². The number of benzene rings is 2. The summed E-state index contributed by atoms with van der Waals surface area (Å²) in [5, 5.41) is 16.0. The number of rotatable bonds is 9. The molecule has 3 saturated heterocycles. The van der Waals surface area contributed by atoms with Crippen LogP contribution in [-0.2, 0) is 16.1 Å². The van der Waals surface area contributed by atoms with Gasteiger partial charge in [0, 0.05) is 111 Å². The molecule has 316 valence electrons. The van der Waals surface area contributed by atoms with Crippen molar-refractivity contribution < 1.29 is 23.9 Å². The van der Waals surface area contributed by atoms with Crippen molar-refractivity contribution in [3.05, 3.63) is 83.3 Å². The maximum absolute atomic E-state index is 13.6. The monoisotopic (exact) mass is 824 g/mol. The minimum atomic E-state index is -0.610. The lowest BCUT2D eigenvalue weighted by Gasteiger charge is -2.63. The predicted molar refractivity (Wildman–Crippen MR) is 228 cm³/mol. The van der Waals surface area contributed by atoms with Gasteiger partial charge in [-0.3, -0.25) is 34.4 Å². The van der Waals surface area contributed by atoms with E-state index in [1.165, 1.54) is 0 Å². The highest BCUT2D eigenvalue weighted by Crippen LogP contribution is 2.56. The van der Waals surface area contributed by atoms with Crippen molar-refractivity contribution in [1.82, 2.24) is 35.4 Å². The van der Waals surface area contributed by atoms with E-state index in [0.29, 0.717) is 52.8 Å². The van der Waals surface area contributed by atoms with E-state index < -0.39 is 22.8 Å². The van der Waals surface area contributed by atoms with Crippen LogP contribution in [0.3, 0.4) is 0 Å². The number of ether oxygens (including phenoxy) is 1. The lowest BCUT2D eigenvalue weighted by Crippen LogP contribution is -2.74. The number of fused-ring (bicyclic) bond motifs is 2. The van der Waals surface area contributed by atoms with E-state index in [4.69, 9.17) is 4.74 Å². The van der Waals surface area contributed by atoms with Gasteiger partial charge in [-0.1, -0.05) is 27.7 Å². The number of hydrogen-bond acceptors (Lipinski definition) is 12. The first-order valence-electron chi connectivity index (χ1n) is 21.4. The van der Waals surface area contributed by atoms with Crippen molar-refractivity contribution in [1.29, 1.82) is 5.26 Å². The van der Waals surface area contributed by atoms with Crippen LogP contribution >= 0.6 is 0 Å². The quantitative estimate of drug-likeness (QED) is 0.229. The second-order valence-electron chi connectivity index (χ2n) is 18.4. The van der Waals surface area contributed by atoms with Gasteiger partial charge >= 0.3 is 0 Å². The van der Waals surface area contributed by atoms with Crippen LogP contribution in [0.15, 0.2) is 61.1 Å². The van der Waals surface area contributed by atoms with Crippen LogP contribution in [0.4, 0.5) is 11.6 Å². The molecule has 1 aliphatic carbocycles. The maximum atomic E-state index is 13.6. The topological polar surface area (TPSA) is 177 Å². The molecule has 2 aromatic carbocycles. The zero-order valence-electron chi connectivity index (χ0n) is 35.2. The highest BCUT2D eigenvalue weighted by molar-refractivity contribution is 6.05. The van der Waals surface area contributed by atoms with E-state index in [-0.39, 0.29) is 36.3 Å². The van der Waals surface area contributed by atoms with Crippen molar-refractivity contribution in [2.45, 2.75) is 78.1 Å². The van der Waals surface area contributed by atoms with Gasteiger partial charge < -0.3 is 24.8 Å². The number of anilines is 2. The van der Waals surface area contributed by atoms with E-state index in [9.17, 15) is 24.4 Å². The Morgan fingerprint density at radius 3 is 2.36 bits per heavy atom. The lowest BCUT2D eigenvalue weighted by molar-refractivity contribution is -0.163. The first-order chi connectivity index (χ1) is 29.3. The van der Waals surface area contributed by atoms with Gasteiger partial charge in [-0.2, -0.15) is 5.26 Å². The SMILES string of the molecule is CC1(C)[C@H](NC(=O)c2cnc(N3CCC(CN4CCN(c5ccc6c(c5)CN([C@H]5CCC(=O)NC5=O)C6=O)CC4)CC3)nc2)C(C)(C)[C@H]1Oc1ccc(C#N)c2ncccc12. The number of pyridine rings is 1. The molecule has 9 rings (SSSR count). The van der Waals surface area contributed by atoms with Crippen LogP contribution in [0.5, 0.6) is 5.75 Å². The summed E-state index contributed by atoms with van der Waals surface area (Å²) in [5.74, 6) is 0.846. The number of carbonyl (C=O) groups is 4. The second-order valence-corrected chi connectivity index (χ2v) is 18.4. The predicted octanol–water partition coefficient (Wildman–Crippen LogP) is 4.31. The van der Waals surface area contributed by atoms with E-state index in [2.05, 4.69) is 80.1 Å². The molecule has 61 heavy (non-hydrogen) atoms. The molecule has 2 N–H and O–H groups in total. The minimum absolute atomic E-state index is 0.146. The molecule has 4 amide bonds. The molecule has 15 nitrogen and oxygen atoms in total. The van der Waals surface area contributed by atoms with Crippen molar-refractivity contribution in [3.8, 4) is 11.8 Å². The Morgan fingerprint density at radius 1 is 0.918 bits per heavy atom. The lowest BCUT2D eigenvalue weighted by atomic mass is 9.49. The number of imide groups is 1. The standard InChI is InChI=1S/C46H52N10O5/c1-45(2)42(46(3,4)43(45)61-36-11-7-29(23-47)38-34(36)6-5-15-48-38)52-39(58)31-24-49-44(50-25-31)55-16-13-28(14-17-55)26-53-18-20-54(21-19-53)32-8-9-33-30(22-32)27-56(41(33)60)35-10-12-37(57)51-40(35)59/h5-9,11,15,22,24-25,28,35,42-43H,10,12-14,16-21,26-27H2,1-4H3,(H,52,58)(H,51,57,59)/t35-,42-,43-/m0/s1. The number of aromatic nitrogens is 3. The van der Waals surface area contributed by atoms with Crippen LogP contribution in [0.1, 0.15) is 85.2 Å². The number of nitriles is 1. The Bertz CT molecular complexity index is 2420. The fraction of sp³-hybridized carbons (Fsp3) is 0.478. The molecule has 2 aromatic heterocycles. The summed E-state index contributed by atoms with van der Waals surface area (Å²) in [6.45, 7) is 15.3. The Balaban J connectivity index is 0.733. The molecule has 0 unspecified atom stereocenters. The molecule has 1 saturated carbocycles. The van der Waals surface area contributed by atoms with Gasteiger partial charge in [0.15, 0.2) is 0 Å². The summed E-state index contributed by atoms with van der Waals surface area (Å²) in [6.07, 6.45) is 7.40. The molecule has 4 aliphatic heterocycles. The zero-order chi connectivity index (χ0) is 42.6. The molecule has 6 heterocycles. The van der Waals surface area contributed by atoms with E-state index in [1.54, 1.807) is 29.6 Å². The molecule has 0 radical (unpaired) electrons. The molecule has 0 spiro atoms. The highest BCUT2D eigenvalue weighted by Gasteiger charge is 2.64. The van der Waals surface area contributed by atoms with Gasteiger partial charge in [-0.05, 0) is 73.2 Å². The molecule has 1 atom stereocenters. The van der Waals surface area contributed by atoms with Crippen LogP contribution in [0.25, 0.3) is 10.9 Å². The summed E-state index contributed by atoms with van der Waals surface area (Å²) >= 11 is 0. The van der Waals surface area contributed by atoms with E-state index in [0.717, 1.165) is 75.3 Å². The van der Waals surface area contributed by atoms with Crippen LogP contribution in [-0.4, -0.2) is 112 Å². The second kappa shape index (κ2) is 15.7. The number of hydrogen-bond donors (Lipinski definition) is 2. The number of nitrogens with zero attached hydrogens (tertiary/aromatic N) is 8. The van der Waals surface area contributed by atoms with Crippen LogP contribution in [0, 0.1) is 28.1 Å². The summed E-state index contributed by atoms with van der Waals surface area (Å²) < 4.78 is 6.64. The van der Waals surface area contributed by atoms with Crippen molar-refractivity contribution >= 4 is 46.2 Å². The zero-order valence-corrected chi connectivity index (χ0v) is 35.2. The normalized spacial score (nSPS) is 23.9. The van der Waals surface area contributed by atoms with Gasteiger partial charge in [0.25, 0.3) is 11.8 Å². The summed E-state index contributed by atoms with van der Waals surface area (Å²) in [4.78, 5) is 73.2. The third kappa shape index (κ3) is 7.41. The number of amides is 4. The minimum Gasteiger partial charge on any atom is -0.488 e. The van der Waals surface area contributed by atoms with E-state index >= 15 is 0 Å². The van der Waals surface area contributed by atoms with Gasteiger partial charge in [0.1, 0.15) is 24.0 Å². The number of nitrogens with one attached hydrogen (secondary N) is 2. The van der Waals surface area contributed by atoms with Crippen molar-refractivity contribution in [2.24, 2.45) is 16.7 Å². The molecule has 5 aliphatic rings. The van der Waals surface area contributed by atoms with Crippen molar-refractivity contribution in [3.63, 3.8) is 0 Å². The average Bonchev–Trinajstić information content (AvgIpc) is 3.59. The summed E-state index contributed by atoms with van der Waals surface area (Å²) in [7, 11) is 0. The molecular formula is C46H52N10O5. The van der Waals surface area contributed by atoms with Crippen LogP contribution in [0.2, 0.25) is 0 Å². The molecule has 4 aromatic rings. The fourth-order valence-corrected chi connectivity index (χ4v) is 10.7. The van der Waals surface area contributed by atoms with Crippen molar-refractivity contribution in [2.75, 3.05) is 55.6 Å². The largest absolute Gasteiger partial charge is 0.488 e. The molecule has 0 bridgehead atoms. The Labute approximate surface area is 355 Å². The smallest absolute Gasteiger partial charge is 0.255 e. The Hall–Kier alpha value is -6.14. The Morgan fingerprint density at radius 2 is 1.66 bits per heavy atom. The van der Waals surface area contributed by atoms with Gasteiger partial charge in [-0.15, -0.1) is 0 Å². The number of piperidine rings is 2. The first kappa shape index (κ1) is 40.3. The number of piperazine rings is 1.